The Labute approximate surface area is 229 Å². The summed E-state index contributed by atoms with van der Waals surface area (Å²) >= 11 is 0. The van der Waals surface area contributed by atoms with Gasteiger partial charge in [0.15, 0.2) is 11.5 Å². The maximum Gasteiger partial charge on any atom is 0.573 e. The zero-order valence-corrected chi connectivity index (χ0v) is 23.5. The Kier molecular flexibility index (Phi) is 10.1. The number of fused-ring (bicyclic) bond motifs is 1. The third-order valence-corrected chi connectivity index (χ3v) is 7.63. The molecule has 2 aromatic heterocycles. The number of alkyl halides is 3. The number of carbonyl (C=O) groups is 1. The van der Waals surface area contributed by atoms with Gasteiger partial charge < -0.3 is 24.5 Å². The fourth-order valence-electron chi connectivity index (χ4n) is 3.61. The van der Waals surface area contributed by atoms with E-state index in [0.717, 1.165) is 12.1 Å². The number of hydrogen-bond acceptors (Lipinski definition) is 9. The Hall–Kier alpha value is -3.26. The third-order valence-electron chi connectivity index (χ3n) is 5.53. The highest BCUT2D eigenvalue weighted by Gasteiger charge is 2.37. The zero-order chi connectivity index (χ0) is 29.6. The highest BCUT2D eigenvalue weighted by atomic mass is 31.2. The fourth-order valence-corrected chi connectivity index (χ4v) is 5.74. The van der Waals surface area contributed by atoms with Crippen molar-refractivity contribution >= 4 is 30.4 Å². The Morgan fingerprint density at radius 3 is 2.52 bits per heavy atom. The first-order chi connectivity index (χ1) is 18.7. The Bertz CT molecular complexity index is 1330. The van der Waals surface area contributed by atoms with Crippen molar-refractivity contribution in [2.24, 2.45) is 0 Å². The van der Waals surface area contributed by atoms with E-state index in [4.69, 9.17) is 15.2 Å². The molecular formula is C24H33F3N7O5P. The van der Waals surface area contributed by atoms with Crippen LogP contribution in [0, 0.1) is 0 Å². The number of ether oxygens (including phenoxy) is 3. The first-order valence-electron chi connectivity index (χ1n) is 12.4. The van der Waals surface area contributed by atoms with Crippen LogP contribution in [0.3, 0.4) is 0 Å². The summed E-state index contributed by atoms with van der Waals surface area (Å²) in [6.45, 7) is 7.19. The molecule has 4 N–H and O–H groups in total. The average molecular weight is 588 g/mol. The van der Waals surface area contributed by atoms with Gasteiger partial charge in [0, 0.05) is 6.54 Å². The van der Waals surface area contributed by atoms with E-state index in [2.05, 4.69) is 29.9 Å². The third kappa shape index (κ3) is 8.88. The van der Waals surface area contributed by atoms with Crippen molar-refractivity contribution in [3.8, 4) is 5.75 Å². The van der Waals surface area contributed by atoms with Crippen LogP contribution < -0.4 is 20.6 Å². The van der Waals surface area contributed by atoms with Crippen LogP contribution in [-0.4, -0.2) is 56.4 Å². The maximum atomic E-state index is 14.0. The van der Waals surface area contributed by atoms with Crippen LogP contribution in [0.1, 0.15) is 39.7 Å². The highest BCUT2D eigenvalue weighted by Crippen LogP contribution is 2.40. The number of imidazole rings is 1. The van der Waals surface area contributed by atoms with Crippen molar-refractivity contribution in [2.75, 3.05) is 18.7 Å². The van der Waals surface area contributed by atoms with Gasteiger partial charge in [-0.2, -0.15) is 0 Å². The first kappa shape index (κ1) is 31.3. The molecule has 0 fully saturated rings. The number of aromatic nitrogens is 4. The summed E-state index contributed by atoms with van der Waals surface area (Å²) in [4.78, 5) is 24.9. The van der Waals surface area contributed by atoms with E-state index in [0.29, 0.717) is 29.7 Å². The van der Waals surface area contributed by atoms with Crippen LogP contribution in [0.15, 0.2) is 36.9 Å². The Balaban J connectivity index is 1.71. The lowest BCUT2D eigenvalue weighted by Gasteiger charge is -2.31. The number of anilines is 1. The van der Waals surface area contributed by atoms with E-state index >= 15 is 0 Å². The summed E-state index contributed by atoms with van der Waals surface area (Å²) < 4.78 is 68.2. The molecule has 0 aliphatic carbocycles. The summed E-state index contributed by atoms with van der Waals surface area (Å²) in [6.07, 6.45) is -2.12. The summed E-state index contributed by atoms with van der Waals surface area (Å²) in [6, 6.07) is 5.11. The number of nitrogen functional groups attached to an aromatic ring is 1. The van der Waals surface area contributed by atoms with Gasteiger partial charge in [0.1, 0.15) is 29.5 Å². The first-order valence-corrected chi connectivity index (χ1v) is 14.3. The molecule has 0 radical (unpaired) electrons. The van der Waals surface area contributed by atoms with Crippen molar-refractivity contribution in [3.63, 3.8) is 0 Å². The van der Waals surface area contributed by atoms with Gasteiger partial charge in [-0.15, -0.1) is 13.2 Å². The summed E-state index contributed by atoms with van der Waals surface area (Å²) in [5.74, 6) is -0.737. The molecule has 0 bridgehead atoms. The molecule has 0 amide bonds. The molecule has 1 aromatic carbocycles. The lowest BCUT2D eigenvalue weighted by molar-refractivity contribution is -0.274. The van der Waals surface area contributed by atoms with Crippen LogP contribution in [-0.2, 0) is 31.9 Å². The summed E-state index contributed by atoms with van der Waals surface area (Å²) in [7, 11) is -3.64. The minimum atomic E-state index is -4.81. The molecule has 40 heavy (non-hydrogen) atoms. The molecule has 16 heteroatoms. The molecule has 0 unspecified atom stereocenters. The van der Waals surface area contributed by atoms with Gasteiger partial charge in [-0.3, -0.25) is 9.36 Å². The van der Waals surface area contributed by atoms with E-state index in [9.17, 15) is 22.5 Å². The van der Waals surface area contributed by atoms with Crippen LogP contribution in [0.2, 0.25) is 0 Å². The number of rotatable bonds is 14. The standard InChI is InChI=1S/C24H33F3N7O5P/c1-5-10-37-22(35)23(3,4)33-40(36,32-11-17-6-8-18(9-7-17)39-24(25,26)27)15-38-16(2)12-34-14-31-19-20(28)29-13-30-21(19)34/h6-9,13-14,16H,5,10-12,15H2,1-4H3,(H2,28,29,30)(H2,32,33,36)/t16-,40+/m1/s1. The molecule has 2 heterocycles. The average Bonchev–Trinajstić information content (AvgIpc) is 3.28. The van der Waals surface area contributed by atoms with E-state index in [1.165, 1.54) is 32.3 Å². The van der Waals surface area contributed by atoms with E-state index < -0.39 is 31.4 Å². The fraction of sp³-hybridized carbons (Fsp3) is 0.500. The molecule has 0 aliphatic heterocycles. The molecule has 12 nitrogen and oxygen atoms in total. The molecule has 0 saturated carbocycles. The second-order valence-electron chi connectivity index (χ2n) is 9.57. The van der Waals surface area contributed by atoms with Gasteiger partial charge in [-0.05, 0) is 44.9 Å². The van der Waals surface area contributed by atoms with E-state index in [1.807, 2.05) is 6.92 Å². The SMILES string of the molecule is CCCOC(=O)C(C)(C)N[P@](=O)(CO[C@H](C)Cn1cnc2c(N)ncnc21)NCc1ccc(OC(F)(F)F)cc1. The Morgan fingerprint density at radius 2 is 1.88 bits per heavy atom. The predicted molar refractivity (Wildman–Crippen MR) is 141 cm³/mol. The van der Waals surface area contributed by atoms with Crippen molar-refractivity contribution in [2.45, 2.75) is 65.2 Å². The van der Waals surface area contributed by atoms with Gasteiger partial charge in [-0.1, -0.05) is 19.1 Å². The zero-order valence-electron chi connectivity index (χ0n) is 22.6. The van der Waals surface area contributed by atoms with Gasteiger partial charge in [0.2, 0.25) is 7.44 Å². The number of nitrogens with zero attached hydrogens (tertiary/aromatic N) is 4. The van der Waals surface area contributed by atoms with Crippen LogP contribution >= 0.6 is 7.44 Å². The molecule has 0 spiro atoms. The largest absolute Gasteiger partial charge is 0.573 e. The second-order valence-corrected chi connectivity index (χ2v) is 11.9. The number of nitrogens with one attached hydrogen (secondary N) is 2. The van der Waals surface area contributed by atoms with Crippen molar-refractivity contribution < 1.29 is 36.7 Å². The van der Waals surface area contributed by atoms with Crippen LogP contribution in [0.25, 0.3) is 11.2 Å². The maximum absolute atomic E-state index is 14.0. The van der Waals surface area contributed by atoms with E-state index in [-0.39, 0.29) is 31.1 Å². The number of esters is 1. The highest BCUT2D eigenvalue weighted by molar-refractivity contribution is 7.59. The molecule has 3 aromatic rings. The number of carbonyl (C=O) groups excluding carboxylic acids is 1. The predicted octanol–water partition coefficient (Wildman–Crippen LogP) is 3.97. The summed E-state index contributed by atoms with van der Waals surface area (Å²) in [5, 5.41) is 5.75. The van der Waals surface area contributed by atoms with Gasteiger partial charge in [0.25, 0.3) is 0 Å². The normalized spacial score (nSPS) is 14.6. The van der Waals surface area contributed by atoms with Gasteiger partial charge in [0.05, 0.1) is 25.6 Å². The molecule has 3 rings (SSSR count). The molecule has 0 aliphatic rings. The number of halogens is 3. The lowest BCUT2D eigenvalue weighted by Crippen LogP contribution is -2.48. The minimum absolute atomic E-state index is 0.00322. The van der Waals surface area contributed by atoms with Crippen LogP contribution in [0.4, 0.5) is 19.0 Å². The van der Waals surface area contributed by atoms with Gasteiger partial charge in [-0.25, -0.2) is 25.1 Å². The lowest BCUT2D eigenvalue weighted by atomic mass is 10.1. The van der Waals surface area contributed by atoms with Crippen molar-refractivity contribution in [1.29, 1.82) is 0 Å². The molecular weight excluding hydrogens is 554 g/mol. The second kappa shape index (κ2) is 12.9. The molecule has 220 valence electrons. The summed E-state index contributed by atoms with van der Waals surface area (Å²) in [5.41, 5.74) is 5.98. The number of nitrogens with two attached hydrogens (primary N) is 1. The van der Waals surface area contributed by atoms with Crippen LogP contribution in [0.5, 0.6) is 5.75 Å². The topological polar surface area (TPSA) is 156 Å². The molecule has 2 atom stereocenters. The minimum Gasteiger partial charge on any atom is -0.464 e. The smallest absolute Gasteiger partial charge is 0.464 e. The van der Waals surface area contributed by atoms with Gasteiger partial charge >= 0.3 is 12.3 Å². The quantitative estimate of drug-likeness (QED) is 0.185. The number of benzene rings is 1. The number of hydrogen-bond donors (Lipinski definition) is 3. The van der Waals surface area contributed by atoms with E-state index in [1.54, 1.807) is 17.8 Å². The monoisotopic (exact) mass is 587 g/mol. The van der Waals surface area contributed by atoms with Crippen molar-refractivity contribution in [3.05, 3.63) is 42.5 Å². The molecule has 0 saturated heterocycles. The van der Waals surface area contributed by atoms with Crippen molar-refractivity contribution in [1.82, 2.24) is 29.7 Å². The Morgan fingerprint density at radius 1 is 1.18 bits per heavy atom.